The standard InChI is InChI=1S/C23H25FN4O2/c1-4-12-25-22(29)16(3)26-23(30)20-14-28(19-10-8-18(24)9-11-19)27-21(20)17-7-5-6-15(2)13-17/h5-11,13-14,16H,4,12H2,1-3H3,(H,25,29)(H,26,30)/t16-/m1/s1. The zero-order valence-electron chi connectivity index (χ0n) is 17.3. The second-order valence-corrected chi connectivity index (χ2v) is 7.17. The number of carbonyl (C=O) groups is 2. The molecule has 1 aromatic heterocycles. The van der Waals surface area contributed by atoms with Crippen molar-refractivity contribution in [3.8, 4) is 16.9 Å². The van der Waals surface area contributed by atoms with Gasteiger partial charge in [-0.2, -0.15) is 5.10 Å². The van der Waals surface area contributed by atoms with E-state index in [1.165, 1.54) is 16.8 Å². The van der Waals surface area contributed by atoms with Gasteiger partial charge in [0.15, 0.2) is 0 Å². The lowest BCUT2D eigenvalue weighted by Gasteiger charge is -2.13. The molecule has 2 amide bonds. The molecule has 2 N–H and O–H groups in total. The lowest BCUT2D eigenvalue weighted by Crippen LogP contribution is -2.45. The van der Waals surface area contributed by atoms with Crippen LogP contribution >= 0.6 is 0 Å². The highest BCUT2D eigenvalue weighted by atomic mass is 19.1. The lowest BCUT2D eigenvalue weighted by molar-refractivity contribution is -0.122. The molecule has 0 fully saturated rings. The summed E-state index contributed by atoms with van der Waals surface area (Å²) in [4.78, 5) is 25.2. The third kappa shape index (κ3) is 4.92. The Balaban J connectivity index is 1.96. The first-order chi connectivity index (χ1) is 14.4. The molecule has 3 rings (SSSR count). The van der Waals surface area contributed by atoms with E-state index in [9.17, 15) is 14.0 Å². The normalized spacial score (nSPS) is 11.7. The van der Waals surface area contributed by atoms with Crippen LogP contribution in [-0.2, 0) is 4.79 Å². The Hall–Kier alpha value is -3.48. The van der Waals surface area contributed by atoms with Crippen molar-refractivity contribution in [3.05, 3.63) is 71.7 Å². The molecule has 0 unspecified atom stereocenters. The van der Waals surface area contributed by atoms with Gasteiger partial charge in [0.1, 0.15) is 17.6 Å². The molecule has 0 saturated heterocycles. The summed E-state index contributed by atoms with van der Waals surface area (Å²) in [6, 6.07) is 12.8. The Labute approximate surface area is 175 Å². The predicted octanol–water partition coefficient (Wildman–Crippen LogP) is 3.63. The predicted molar refractivity (Wildman–Crippen MR) is 114 cm³/mol. The van der Waals surface area contributed by atoms with Gasteiger partial charge in [-0.3, -0.25) is 9.59 Å². The summed E-state index contributed by atoms with van der Waals surface area (Å²) in [7, 11) is 0. The van der Waals surface area contributed by atoms with E-state index in [-0.39, 0.29) is 11.7 Å². The van der Waals surface area contributed by atoms with E-state index in [4.69, 9.17) is 0 Å². The SMILES string of the molecule is CCCNC(=O)[C@@H](C)NC(=O)c1cn(-c2ccc(F)cc2)nc1-c1cccc(C)c1. The Bertz CT molecular complexity index is 1040. The number of hydrogen-bond donors (Lipinski definition) is 2. The second kappa shape index (κ2) is 9.35. The van der Waals surface area contributed by atoms with E-state index in [1.807, 2.05) is 38.1 Å². The van der Waals surface area contributed by atoms with Gasteiger partial charge in [0.2, 0.25) is 5.91 Å². The zero-order chi connectivity index (χ0) is 21.7. The number of nitrogens with zero attached hydrogens (tertiary/aromatic N) is 2. The molecule has 0 aliphatic carbocycles. The number of benzene rings is 2. The van der Waals surface area contributed by atoms with Crippen LogP contribution in [0.2, 0.25) is 0 Å². The number of aryl methyl sites for hydroxylation is 1. The maximum absolute atomic E-state index is 13.3. The summed E-state index contributed by atoms with van der Waals surface area (Å²) in [6.07, 6.45) is 2.41. The average Bonchev–Trinajstić information content (AvgIpc) is 3.18. The fraction of sp³-hybridized carbons (Fsp3) is 0.261. The van der Waals surface area contributed by atoms with Crippen molar-refractivity contribution in [2.75, 3.05) is 6.54 Å². The van der Waals surface area contributed by atoms with Crippen LogP contribution in [0.25, 0.3) is 16.9 Å². The summed E-state index contributed by atoms with van der Waals surface area (Å²) < 4.78 is 14.8. The van der Waals surface area contributed by atoms with Crippen LogP contribution in [0.1, 0.15) is 36.2 Å². The minimum Gasteiger partial charge on any atom is -0.354 e. The molecule has 1 heterocycles. The summed E-state index contributed by atoms with van der Waals surface area (Å²) in [5.74, 6) is -0.998. The topological polar surface area (TPSA) is 76.0 Å². The van der Waals surface area contributed by atoms with Crippen LogP contribution < -0.4 is 10.6 Å². The monoisotopic (exact) mass is 408 g/mol. The molecule has 6 nitrogen and oxygen atoms in total. The number of rotatable bonds is 7. The highest BCUT2D eigenvalue weighted by molar-refractivity contribution is 6.02. The largest absolute Gasteiger partial charge is 0.354 e. The first-order valence-electron chi connectivity index (χ1n) is 9.90. The highest BCUT2D eigenvalue weighted by Gasteiger charge is 2.22. The van der Waals surface area contributed by atoms with E-state index in [2.05, 4.69) is 15.7 Å². The average molecular weight is 408 g/mol. The van der Waals surface area contributed by atoms with Gasteiger partial charge in [0.05, 0.1) is 11.3 Å². The third-order valence-electron chi connectivity index (χ3n) is 4.63. The van der Waals surface area contributed by atoms with E-state index in [1.54, 1.807) is 25.3 Å². The molecule has 0 saturated carbocycles. The molecule has 7 heteroatoms. The van der Waals surface area contributed by atoms with Gasteiger partial charge in [0, 0.05) is 18.3 Å². The fourth-order valence-electron chi connectivity index (χ4n) is 3.01. The summed E-state index contributed by atoms with van der Waals surface area (Å²) >= 11 is 0. The maximum Gasteiger partial charge on any atom is 0.255 e. The molecule has 3 aromatic rings. The second-order valence-electron chi connectivity index (χ2n) is 7.17. The number of amides is 2. The van der Waals surface area contributed by atoms with Crippen molar-refractivity contribution < 1.29 is 14.0 Å². The van der Waals surface area contributed by atoms with Crippen molar-refractivity contribution in [1.82, 2.24) is 20.4 Å². The van der Waals surface area contributed by atoms with Gasteiger partial charge in [-0.1, -0.05) is 30.7 Å². The molecule has 0 bridgehead atoms. The molecular weight excluding hydrogens is 383 g/mol. The number of carbonyl (C=O) groups excluding carboxylic acids is 2. The molecule has 30 heavy (non-hydrogen) atoms. The van der Waals surface area contributed by atoms with Crippen LogP contribution in [-0.4, -0.2) is 34.2 Å². The zero-order valence-corrected chi connectivity index (χ0v) is 17.3. The molecular formula is C23H25FN4O2. The van der Waals surface area contributed by atoms with Crippen LogP contribution in [0.3, 0.4) is 0 Å². The number of aromatic nitrogens is 2. The van der Waals surface area contributed by atoms with Crippen molar-refractivity contribution in [2.24, 2.45) is 0 Å². The molecule has 0 spiro atoms. The van der Waals surface area contributed by atoms with Gasteiger partial charge in [-0.05, 0) is 50.6 Å². The van der Waals surface area contributed by atoms with Crippen molar-refractivity contribution >= 4 is 11.8 Å². The van der Waals surface area contributed by atoms with Gasteiger partial charge >= 0.3 is 0 Å². The van der Waals surface area contributed by atoms with Crippen molar-refractivity contribution in [1.29, 1.82) is 0 Å². The molecule has 1 atom stereocenters. The quantitative estimate of drug-likeness (QED) is 0.627. The Morgan fingerprint density at radius 2 is 1.90 bits per heavy atom. The smallest absolute Gasteiger partial charge is 0.255 e. The Morgan fingerprint density at radius 3 is 2.57 bits per heavy atom. The van der Waals surface area contributed by atoms with Gasteiger partial charge in [-0.15, -0.1) is 0 Å². The molecule has 2 aromatic carbocycles. The fourth-order valence-corrected chi connectivity index (χ4v) is 3.01. The van der Waals surface area contributed by atoms with E-state index in [0.717, 1.165) is 17.5 Å². The van der Waals surface area contributed by atoms with Gasteiger partial charge < -0.3 is 10.6 Å². The highest BCUT2D eigenvalue weighted by Crippen LogP contribution is 2.25. The van der Waals surface area contributed by atoms with Crippen molar-refractivity contribution in [2.45, 2.75) is 33.2 Å². The summed E-state index contributed by atoms with van der Waals surface area (Å²) in [5, 5.41) is 10.1. The van der Waals surface area contributed by atoms with Crippen LogP contribution in [0, 0.1) is 12.7 Å². The van der Waals surface area contributed by atoms with Crippen LogP contribution in [0.15, 0.2) is 54.7 Å². The Morgan fingerprint density at radius 1 is 1.17 bits per heavy atom. The van der Waals surface area contributed by atoms with E-state index in [0.29, 0.717) is 23.5 Å². The maximum atomic E-state index is 13.3. The summed E-state index contributed by atoms with van der Waals surface area (Å²) in [5.41, 5.74) is 3.26. The van der Waals surface area contributed by atoms with E-state index >= 15 is 0 Å². The first kappa shape index (κ1) is 21.2. The minimum atomic E-state index is -0.691. The van der Waals surface area contributed by atoms with Crippen LogP contribution in [0.5, 0.6) is 0 Å². The molecule has 0 aliphatic heterocycles. The molecule has 0 aliphatic rings. The minimum absolute atomic E-state index is 0.242. The van der Waals surface area contributed by atoms with Gasteiger partial charge in [0.25, 0.3) is 5.91 Å². The third-order valence-corrected chi connectivity index (χ3v) is 4.63. The van der Waals surface area contributed by atoms with E-state index < -0.39 is 11.9 Å². The first-order valence-corrected chi connectivity index (χ1v) is 9.90. The Kier molecular flexibility index (Phi) is 6.61. The number of nitrogens with one attached hydrogen (secondary N) is 2. The molecule has 156 valence electrons. The number of hydrogen-bond acceptors (Lipinski definition) is 3. The molecule has 0 radical (unpaired) electrons. The summed E-state index contributed by atoms with van der Waals surface area (Å²) in [6.45, 7) is 6.11. The van der Waals surface area contributed by atoms with Gasteiger partial charge in [-0.25, -0.2) is 9.07 Å². The lowest BCUT2D eigenvalue weighted by atomic mass is 10.1. The number of halogens is 1. The van der Waals surface area contributed by atoms with Crippen molar-refractivity contribution in [3.63, 3.8) is 0 Å². The van der Waals surface area contributed by atoms with Crippen LogP contribution in [0.4, 0.5) is 4.39 Å².